The molecule has 1 spiro atoms. The van der Waals surface area contributed by atoms with Crippen molar-refractivity contribution in [1.82, 2.24) is 9.97 Å². The van der Waals surface area contributed by atoms with E-state index in [1.54, 1.807) is 6.20 Å². The molecule has 0 amide bonds. The maximum Gasteiger partial charge on any atom is 0.359 e. The summed E-state index contributed by atoms with van der Waals surface area (Å²) in [6.45, 7) is 1.68. The van der Waals surface area contributed by atoms with E-state index in [1.165, 1.54) is 18.2 Å². The van der Waals surface area contributed by atoms with Gasteiger partial charge in [-0.1, -0.05) is 35.9 Å². The number of esters is 1. The molecule has 2 heterocycles. The monoisotopic (exact) mass is 372 g/mol. The maximum atomic E-state index is 11.6. The average Bonchev–Trinajstić information content (AvgIpc) is 2.94. The molecule has 2 N–H and O–H groups in total. The van der Waals surface area contributed by atoms with E-state index < -0.39 is 5.97 Å². The molecule has 1 saturated heterocycles. The highest BCUT2D eigenvalue weighted by molar-refractivity contribution is 6.32. The van der Waals surface area contributed by atoms with Crippen LogP contribution in [0.25, 0.3) is 0 Å². The number of halogens is 1. The third-order valence-electron chi connectivity index (χ3n) is 5.77. The van der Waals surface area contributed by atoms with Crippen LogP contribution in [0.5, 0.6) is 0 Å². The first-order valence-corrected chi connectivity index (χ1v) is 9.11. The number of nitrogens with zero attached hydrogens (tertiary/aromatic N) is 3. The summed E-state index contributed by atoms with van der Waals surface area (Å²) >= 11 is 6.11. The first-order chi connectivity index (χ1) is 12.5. The van der Waals surface area contributed by atoms with E-state index in [0.717, 1.165) is 32.4 Å². The highest BCUT2D eigenvalue weighted by Gasteiger charge is 2.45. The van der Waals surface area contributed by atoms with E-state index in [0.29, 0.717) is 5.82 Å². The number of piperidine rings is 1. The van der Waals surface area contributed by atoms with Gasteiger partial charge in [-0.25, -0.2) is 14.8 Å². The Bertz CT molecular complexity index is 849. The highest BCUT2D eigenvalue weighted by atomic mass is 35.5. The van der Waals surface area contributed by atoms with Crippen molar-refractivity contribution >= 4 is 23.4 Å². The van der Waals surface area contributed by atoms with E-state index in [4.69, 9.17) is 17.3 Å². The van der Waals surface area contributed by atoms with Gasteiger partial charge in [-0.15, -0.1) is 0 Å². The third-order valence-corrected chi connectivity index (χ3v) is 6.04. The lowest BCUT2D eigenvalue weighted by Crippen LogP contribution is -2.44. The number of nitrogens with two attached hydrogens (primary N) is 1. The number of hydrogen-bond acceptors (Lipinski definition) is 6. The maximum absolute atomic E-state index is 11.6. The minimum Gasteiger partial charge on any atom is -0.464 e. The molecular weight excluding hydrogens is 352 g/mol. The number of carbonyl (C=O) groups is 1. The van der Waals surface area contributed by atoms with E-state index in [2.05, 4.69) is 43.9 Å². The lowest BCUT2D eigenvalue weighted by Gasteiger charge is -2.42. The van der Waals surface area contributed by atoms with Gasteiger partial charge in [-0.3, -0.25) is 0 Å². The zero-order valence-corrected chi connectivity index (χ0v) is 15.4. The Labute approximate surface area is 157 Å². The SMILES string of the molecule is COC(=O)c1ncc(N2CCC3(CC2)Cc2ccccc2C3N)nc1Cl. The van der Waals surface area contributed by atoms with Gasteiger partial charge >= 0.3 is 5.97 Å². The number of ether oxygens (including phenoxy) is 1. The predicted octanol–water partition coefficient (Wildman–Crippen LogP) is 2.76. The minimum absolute atomic E-state index is 0.0414. The average molecular weight is 373 g/mol. The van der Waals surface area contributed by atoms with Crippen LogP contribution in [-0.2, 0) is 11.2 Å². The van der Waals surface area contributed by atoms with Crippen LogP contribution in [0.1, 0.15) is 40.5 Å². The number of aromatic nitrogens is 2. The Kier molecular flexibility index (Phi) is 4.32. The standard InChI is InChI=1S/C19H21ClN4O2/c1-26-18(25)15-17(20)23-14(11-22-15)24-8-6-19(7-9-24)10-12-4-2-3-5-13(12)16(19)21/h2-5,11,16H,6-10,21H2,1H3. The molecule has 136 valence electrons. The van der Waals surface area contributed by atoms with Crippen molar-refractivity contribution in [2.45, 2.75) is 25.3 Å². The summed E-state index contributed by atoms with van der Waals surface area (Å²) < 4.78 is 4.65. The summed E-state index contributed by atoms with van der Waals surface area (Å²) in [6.07, 6.45) is 4.59. The molecule has 6 nitrogen and oxygen atoms in total. The van der Waals surface area contributed by atoms with Crippen molar-refractivity contribution < 1.29 is 9.53 Å². The van der Waals surface area contributed by atoms with Crippen LogP contribution in [0.15, 0.2) is 30.5 Å². The third kappa shape index (κ3) is 2.73. The summed E-state index contributed by atoms with van der Waals surface area (Å²) in [5.74, 6) is 0.0999. The summed E-state index contributed by atoms with van der Waals surface area (Å²) in [4.78, 5) is 22.2. The van der Waals surface area contributed by atoms with E-state index in [9.17, 15) is 4.79 Å². The molecule has 1 fully saturated rings. The molecule has 2 aromatic rings. The molecule has 26 heavy (non-hydrogen) atoms. The smallest absolute Gasteiger partial charge is 0.359 e. The molecular formula is C19H21ClN4O2. The zero-order chi connectivity index (χ0) is 18.3. The van der Waals surface area contributed by atoms with Crippen molar-refractivity contribution in [3.05, 3.63) is 52.4 Å². The Hall–Kier alpha value is -2.18. The molecule has 1 aromatic heterocycles. The van der Waals surface area contributed by atoms with E-state index in [-0.39, 0.29) is 22.3 Å². The summed E-state index contributed by atoms with van der Waals surface area (Å²) in [7, 11) is 1.29. The normalized spacial score (nSPS) is 20.9. The fourth-order valence-electron chi connectivity index (χ4n) is 4.23. The van der Waals surface area contributed by atoms with Crippen molar-refractivity contribution in [3.63, 3.8) is 0 Å². The molecule has 1 aliphatic carbocycles. The quantitative estimate of drug-likeness (QED) is 0.816. The largest absolute Gasteiger partial charge is 0.464 e. The Balaban J connectivity index is 1.50. The summed E-state index contributed by atoms with van der Waals surface area (Å²) in [6, 6.07) is 8.57. The van der Waals surface area contributed by atoms with Crippen molar-refractivity contribution in [3.8, 4) is 0 Å². The zero-order valence-electron chi connectivity index (χ0n) is 14.6. The van der Waals surface area contributed by atoms with E-state index in [1.807, 2.05) is 0 Å². The predicted molar refractivity (Wildman–Crippen MR) is 99.3 cm³/mol. The Morgan fingerprint density at radius 3 is 2.73 bits per heavy atom. The minimum atomic E-state index is -0.582. The topological polar surface area (TPSA) is 81.3 Å². The molecule has 0 bridgehead atoms. The molecule has 1 unspecified atom stereocenters. The highest BCUT2D eigenvalue weighted by Crippen LogP contribution is 2.50. The van der Waals surface area contributed by atoms with Crippen molar-refractivity contribution in [2.75, 3.05) is 25.1 Å². The van der Waals surface area contributed by atoms with Crippen LogP contribution in [0.2, 0.25) is 5.15 Å². The lowest BCUT2D eigenvalue weighted by molar-refractivity contribution is 0.0594. The fraction of sp³-hybridized carbons (Fsp3) is 0.421. The van der Waals surface area contributed by atoms with Gasteiger partial charge in [0.05, 0.1) is 13.3 Å². The van der Waals surface area contributed by atoms with Gasteiger partial charge in [0.15, 0.2) is 10.8 Å². The molecule has 0 radical (unpaired) electrons. The van der Waals surface area contributed by atoms with Gasteiger partial charge in [0, 0.05) is 19.1 Å². The van der Waals surface area contributed by atoms with E-state index >= 15 is 0 Å². The van der Waals surface area contributed by atoms with Gasteiger partial charge < -0.3 is 15.4 Å². The first kappa shape index (κ1) is 17.2. The van der Waals surface area contributed by atoms with Crippen LogP contribution >= 0.6 is 11.6 Å². The molecule has 1 aliphatic heterocycles. The Morgan fingerprint density at radius 1 is 1.35 bits per heavy atom. The van der Waals surface area contributed by atoms with Crippen molar-refractivity contribution in [2.24, 2.45) is 11.1 Å². The number of carbonyl (C=O) groups excluding carboxylic acids is 1. The molecule has 7 heteroatoms. The van der Waals surface area contributed by atoms with Crippen LogP contribution in [0.4, 0.5) is 5.82 Å². The number of anilines is 1. The summed E-state index contributed by atoms with van der Waals surface area (Å²) in [5.41, 5.74) is 9.43. The summed E-state index contributed by atoms with van der Waals surface area (Å²) in [5, 5.41) is 0.0691. The number of benzene rings is 1. The second-order valence-electron chi connectivity index (χ2n) is 7.06. The molecule has 1 aromatic carbocycles. The second kappa shape index (κ2) is 6.52. The lowest BCUT2D eigenvalue weighted by atomic mass is 9.73. The van der Waals surface area contributed by atoms with Gasteiger partial charge in [0.25, 0.3) is 0 Å². The van der Waals surface area contributed by atoms with Crippen LogP contribution in [0, 0.1) is 5.41 Å². The molecule has 4 rings (SSSR count). The van der Waals surface area contributed by atoms with Crippen LogP contribution in [0.3, 0.4) is 0 Å². The first-order valence-electron chi connectivity index (χ1n) is 8.73. The fourth-order valence-corrected chi connectivity index (χ4v) is 4.44. The Morgan fingerprint density at radius 2 is 2.08 bits per heavy atom. The number of methoxy groups -OCH3 is 1. The molecule has 2 aliphatic rings. The van der Waals surface area contributed by atoms with Crippen LogP contribution < -0.4 is 10.6 Å². The van der Waals surface area contributed by atoms with Crippen LogP contribution in [-0.4, -0.2) is 36.1 Å². The van der Waals surface area contributed by atoms with Gasteiger partial charge in [0.2, 0.25) is 0 Å². The van der Waals surface area contributed by atoms with Gasteiger partial charge in [-0.05, 0) is 35.8 Å². The van der Waals surface area contributed by atoms with Crippen molar-refractivity contribution in [1.29, 1.82) is 0 Å². The second-order valence-corrected chi connectivity index (χ2v) is 7.42. The number of hydrogen-bond donors (Lipinski definition) is 1. The molecule has 1 atom stereocenters. The number of rotatable bonds is 2. The van der Waals surface area contributed by atoms with Gasteiger partial charge in [-0.2, -0.15) is 0 Å². The van der Waals surface area contributed by atoms with Gasteiger partial charge in [0.1, 0.15) is 5.82 Å². The molecule has 0 saturated carbocycles. The number of fused-ring (bicyclic) bond motifs is 1.